The first-order valence-corrected chi connectivity index (χ1v) is 7.23. The largest absolute Gasteiger partial charge is 0.380 e. The van der Waals surface area contributed by atoms with Crippen LogP contribution in [-0.2, 0) is 11.3 Å². The second-order valence-electron chi connectivity index (χ2n) is 5.31. The number of aromatic nitrogens is 2. The zero-order chi connectivity index (χ0) is 16.2. The highest BCUT2D eigenvalue weighted by Gasteiger charge is 2.11. The van der Waals surface area contributed by atoms with Crippen molar-refractivity contribution in [2.45, 2.75) is 13.5 Å². The maximum atomic E-state index is 9.35. The first kappa shape index (κ1) is 14.9. The van der Waals surface area contributed by atoms with Gasteiger partial charge in [0, 0.05) is 18.2 Å². The monoisotopic (exact) mass is 304 g/mol. The average molecular weight is 304 g/mol. The predicted molar refractivity (Wildman–Crippen MR) is 89.4 cm³/mol. The third-order valence-corrected chi connectivity index (χ3v) is 3.53. The molecule has 23 heavy (non-hydrogen) atoms. The fraction of sp³-hybridized carbons (Fsp3) is 0.167. The highest BCUT2D eigenvalue weighted by molar-refractivity contribution is 5.95. The predicted octanol–water partition coefficient (Wildman–Crippen LogP) is 3.70. The summed E-state index contributed by atoms with van der Waals surface area (Å²) in [5.74, 6) is 0. The molecule has 114 valence electrons. The number of nitrogens with zero attached hydrogens (tertiary/aromatic N) is 3. The molecule has 0 fully saturated rings. The molecule has 0 radical (unpaired) electrons. The number of rotatable bonds is 4. The van der Waals surface area contributed by atoms with E-state index in [0.29, 0.717) is 12.3 Å². The molecule has 0 aliphatic rings. The Morgan fingerprint density at radius 2 is 2.04 bits per heavy atom. The summed E-state index contributed by atoms with van der Waals surface area (Å²) >= 11 is 0. The number of benzene rings is 2. The van der Waals surface area contributed by atoms with Gasteiger partial charge >= 0.3 is 0 Å². The summed E-state index contributed by atoms with van der Waals surface area (Å²) < 4.78 is 5.16. The minimum atomic E-state index is 0.278. The number of ether oxygens (including phenoxy) is 1. The Kier molecular flexibility index (Phi) is 4.18. The van der Waals surface area contributed by atoms with Gasteiger partial charge in [-0.05, 0) is 36.8 Å². The lowest BCUT2D eigenvalue weighted by atomic mass is 10.1. The molecule has 2 aromatic carbocycles. The van der Waals surface area contributed by atoms with Crippen LogP contribution in [0.4, 0.5) is 11.4 Å². The number of aryl methyl sites for hydroxylation is 1. The molecule has 0 amide bonds. The number of hydrogen-bond acceptors (Lipinski definition) is 5. The summed E-state index contributed by atoms with van der Waals surface area (Å²) in [5, 5.41) is 21.7. The molecule has 0 spiro atoms. The van der Waals surface area contributed by atoms with Crippen molar-refractivity contribution in [3.05, 3.63) is 59.3 Å². The molecule has 5 heteroatoms. The lowest BCUT2D eigenvalue weighted by Crippen LogP contribution is -2.00. The first-order valence-electron chi connectivity index (χ1n) is 7.23. The maximum Gasteiger partial charge on any atom is 0.187 e. The average Bonchev–Trinajstić information content (AvgIpc) is 2.56. The minimum Gasteiger partial charge on any atom is -0.380 e. The Hall–Kier alpha value is -2.97. The molecule has 3 rings (SSSR count). The Balaban J connectivity index is 2.10. The van der Waals surface area contributed by atoms with Gasteiger partial charge in [-0.15, -0.1) is 10.2 Å². The number of methoxy groups -OCH3 is 1. The van der Waals surface area contributed by atoms with Gasteiger partial charge in [0.15, 0.2) is 5.69 Å². The van der Waals surface area contributed by atoms with Gasteiger partial charge in [0.1, 0.15) is 6.07 Å². The van der Waals surface area contributed by atoms with Gasteiger partial charge in [-0.2, -0.15) is 5.26 Å². The fourth-order valence-corrected chi connectivity index (χ4v) is 2.47. The molecule has 3 aromatic rings. The van der Waals surface area contributed by atoms with Crippen molar-refractivity contribution >= 4 is 22.3 Å². The summed E-state index contributed by atoms with van der Waals surface area (Å²) in [6.07, 6.45) is 0. The van der Waals surface area contributed by atoms with Crippen LogP contribution in [0.25, 0.3) is 10.9 Å². The van der Waals surface area contributed by atoms with Crippen molar-refractivity contribution < 1.29 is 4.74 Å². The Morgan fingerprint density at radius 3 is 2.83 bits per heavy atom. The third kappa shape index (κ3) is 3.12. The van der Waals surface area contributed by atoms with E-state index in [1.807, 2.05) is 49.4 Å². The van der Waals surface area contributed by atoms with Crippen molar-refractivity contribution in [3.63, 3.8) is 0 Å². The standard InChI is InChI=1S/C18H16N4O/c1-12-6-7-16-15(8-12)18(17(10-19)22-21-16)20-14-5-3-4-13(9-14)11-23-2/h3-9H,11H2,1-2H3,(H,20,21). The zero-order valence-corrected chi connectivity index (χ0v) is 13.0. The van der Waals surface area contributed by atoms with Crippen LogP contribution in [0.3, 0.4) is 0 Å². The van der Waals surface area contributed by atoms with E-state index in [9.17, 15) is 5.26 Å². The van der Waals surface area contributed by atoms with E-state index in [1.54, 1.807) is 7.11 Å². The second kappa shape index (κ2) is 6.42. The summed E-state index contributed by atoms with van der Waals surface area (Å²) in [4.78, 5) is 0. The van der Waals surface area contributed by atoms with E-state index in [0.717, 1.165) is 27.7 Å². The molecule has 0 unspecified atom stereocenters. The van der Waals surface area contributed by atoms with Crippen molar-refractivity contribution in [3.8, 4) is 6.07 Å². The highest BCUT2D eigenvalue weighted by Crippen LogP contribution is 2.28. The molecule has 5 nitrogen and oxygen atoms in total. The normalized spacial score (nSPS) is 10.5. The molecule has 0 aliphatic carbocycles. The van der Waals surface area contributed by atoms with Crippen molar-refractivity contribution in [1.82, 2.24) is 10.2 Å². The zero-order valence-electron chi connectivity index (χ0n) is 13.0. The molecular weight excluding hydrogens is 288 g/mol. The van der Waals surface area contributed by atoms with Crippen molar-refractivity contribution in [2.24, 2.45) is 0 Å². The number of hydrogen-bond donors (Lipinski definition) is 1. The van der Waals surface area contributed by atoms with Crippen LogP contribution in [0.2, 0.25) is 0 Å². The van der Waals surface area contributed by atoms with Crippen LogP contribution < -0.4 is 5.32 Å². The summed E-state index contributed by atoms with van der Waals surface area (Å²) in [6.45, 7) is 2.55. The molecule has 0 saturated heterocycles. The summed E-state index contributed by atoms with van der Waals surface area (Å²) in [5.41, 5.74) is 4.75. The topological polar surface area (TPSA) is 70.8 Å². The molecule has 0 saturated carbocycles. The van der Waals surface area contributed by atoms with Crippen LogP contribution in [-0.4, -0.2) is 17.3 Å². The van der Waals surface area contributed by atoms with E-state index in [1.165, 1.54) is 0 Å². The van der Waals surface area contributed by atoms with Crippen LogP contribution in [0.5, 0.6) is 0 Å². The summed E-state index contributed by atoms with van der Waals surface area (Å²) in [7, 11) is 1.66. The van der Waals surface area contributed by atoms with Gasteiger partial charge in [-0.25, -0.2) is 0 Å². The second-order valence-corrected chi connectivity index (χ2v) is 5.31. The van der Waals surface area contributed by atoms with Gasteiger partial charge < -0.3 is 10.1 Å². The molecule has 0 atom stereocenters. The summed E-state index contributed by atoms with van der Waals surface area (Å²) in [6, 6.07) is 15.9. The van der Waals surface area contributed by atoms with Gasteiger partial charge in [-0.1, -0.05) is 23.8 Å². The van der Waals surface area contributed by atoms with Crippen molar-refractivity contribution in [1.29, 1.82) is 5.26 Å². The quantitative estimate of drug-likeness (QED) is 0.795. The maximum absolute atomic E-state index is 9.35. The lowest BCUT2D eigenvalue weighted by molar-refractivity contribution is 0.185. The van der Waals surface area contributed by atoms with E-state index in [-0.39, 0.29) is 5.69 Å². The molecular formula is C18H16N4O. The highest BCUT2D eigenvalue weighted by atomic mass is 16.5. The Labute approximate surface area is 134 Å². The molecule has 0 bridgehead atoms. The lowest BCUT2D eigenvalue weighted by Gasteiger charge is -2.12. The molecule has 1 N–H and O–H groups in total. The van der Waals surface area contributed by atoms with E-state index in [2.05, 4.69) is 21.6 Å². The van der Waals surface area contributed by atoms with Gasteiger partial charge in [0.25, 0.3) is 0 Å². The SMILES string of the molecule is COCc1cccc(Nc2c(C#N)nnc3ccc(C)cc23)c1. The Morgan fingerprint density at radius 1 is 1.17 bits per heavy atom. The van der Waals surface area contributed by atoms with Crippen LogP contribution in [0, 0.1) is 18.3 Å². The molecule has 1 aromatic heterocycles. The number of nitrogens with one attached hydrogen (secondary N) is 1. The fourth-order valence-electron chi connectivity index (χ4n) is 2.47. The van der Waals surface area contributed by atoms with E-state index in [4.69, 9.17) is 4.74 Å². The van der Waals surface area contributed by atoms with E-state index < -0.39 is 0 Å². The van der Waals surface area contributed by atoms with Crippen LogP contribution >= 0.6 is 0 Å². The van der Waals surface area contributed by atoms with Gasteiger partial charge in [0.05, 0.1) is 17.8 Å². The van der Waals surface area contributed by atoms with Crippen LogP contribution in [0.1, 0.15) is 16.8 Å². The molecule has 0 aliphatic heterocycles. The number of fused-ring (bicyclic) bond motifs is 1. The smallest absolute Gasteiger partial charge is 0.187 e. The van der Waals surface area contributed by atoms with Crippen molar-refractivity contribution in [2.75, 3.05) is 12.4 Å². The third-order valence-electron chi connectivity index (χ3n) is 3.53. The first-order chi connectivity index (χ1) is 11.2. The number of anilines is 2. The van der Waals surface area contributed by atoms with Gasteiger partial charge in [-0.3, -0.25) is 0 Å². The van der Waals surface area contributed by atoms with Crippen LogP contribution in [0.15, 0.2) is 42.5 Å². The Bertz CT molecular complexity index is 899. The number of nitriles is 1. The molecule has 1 heterocycles. The minimum absolute atomic E-state index is 0.278. The van der Waals surface area contributed by atoms with Gasteiger partial charge in [0.2, 0.25) is 0 Å². The van der Waals surface area contributed by atoms with E-state index >= 15 is 0 Å².